The quantitative estimate of drug-likeness (QED) is 0.760. The molecule has 3 rings (SSSR count). The summed E-state index contributed by atoms with van der Waals surface area (Å²) in [5, 5.41) is 9.49. The van der Waals surface area contributed by atoms with Crippen molar-refractivity contribution in [1.82, 2.24) is 19.7 Å². The van der Waals surface area contributed by atoms with Crippen LogP contribution >= 0.6 is 11.6 Å². The van der Waals surface area contributed by atoms with E-state index in [1.165, 1.54) is 0 Å². The second-order valence-electron chi connectivity index (χ2n) is 5.54. The summed E-state index contributed by atoms with van der Waals surface area (Å²) in [6.07, 6.45) is 3.58. The van der Waals surface area contributed by atoms with Crippen molar-refractivity contribution >= 4 is 28.5 Å². The Morgan fingerprint density at radius 2 is 2.00 bits per heavy atom. The maximum Gasteiger partial charge on any atom is 0.168 e. The molecule has 0 bridgehead atoms. The van der Waals surface area contributed by atoms with Crippen LogP contribution in [0.4, 0.5) is 5.82 Å². The Kier molecular flexibility index (Phi) is 4.48. The summed E-state index contributed by atoms with van der Waals surface area (Å²) in [5.41, 5.74) is 1.59. The van der Waals surface area contributed by atoms with E-state index in [0.29, 0.717) is 11.1 Å². The van der Waals surface area contributed by atoms with E-state index in [0.717, 1.165) is 41.2 Å². The number of anilines is 1. The first-order valence-corrected chi connectivity index (χ1v) is 8.27. The van der Waals surface area contributed by atoms with Crippen LogP contribution in [-0.2, 0) is 6.42 Å². The van der Waals surface area contributed by atoms with E-state index in [1.54, 1.807) is 10.9 Å². The lowest BCUT2D eigenvalue weighted by atomic mass is 10.2. The minimum Gasteiger partial charge on any atom is -0.367 e. The topological polar surface area (TPSA) is 55.6 Å². The monoisotopic (exact) mass is 329 g/mol. The maximum absolute atomic E-state index is 6.32. The van der Waals surface area contributed by atoms with E-state index >= 15 is 0 Å². The summed E-state index contributed by atoms with van der Waals surface area (Å²) >= 11 is 6.32. The zero-order valence-corrected chi connectivity index (χ0v) is 14.3. The SMILES string of the molecule is CCc1nc(N[C@H](C)CC)c2cnn(-c3ccccc3Cl)c2n1. The van der Waals surface area contributed by atoms with Gasteiger partial charge in [0.1, 0.15) is 11.6 Å². The van der Waals surface area contributed by atoms with Crippen molar-refractivity contribution in [3.63, 3.8) is 0 Å². The molecule has 2 heterocycles. The van der Waals surface area contributed by atoms with Crippen molar-refractivity contribution in [3.05, 3.63) is 41.3 Å². The molecule has 1 aromatic carbocycles. The number of halogens is 1. The highest BCUT2D eigenvalue weighted by molar-refractivity contribution is 6.32. The van der Waals surface area contributed by atoms with Crippen molar-refractivity contribution < 1.29 is 0 Å². The van der Waals surface area contributed by atoms with Gasteiger partial charge in [0.15, 0.2) is 5.65 Å². The lowest BCUT2D eigenvalue weighted by Crippen LogP contribution is -2.15. The summed E-state index contributed by atoms with van der Waals surface area (Å²) in [6.45, 7) is 6.33. The number of nitrogens with zero attached hydrogens (tertiary/aromatic N) is 4. The van der Waals surface area contributed by atoms with E-state index in [4.69, 9.17) is 11.6 Å². The smallest absolute Gasteiger partial charge is 0.168 e. The van der Waals surface area contributed by atoms with Gasteiger partial charge in [0.2, 0.25) is 0 Å². The average Bonchev–Trinajstić information content (AvgIpc) is 2.99. The van der Waals surface area contributed by atoms with Crippen LogP contribution < -0.4 is 5.32 Å². The highest BCUT2D eigenvalue weighted by atomic mass is 35.5. The molecule has 0 spiro atoms. The van der Waals surface area contributed by atoms with Gasteiger partial charge in [0.25, 0.3) is 0 Å². The Balaban J connectivity index is 2.19. The van der Waals surface area contributed by atoms with Gasteiger partial charge >= 0.3 is 0 Å². The van der Waals surface area contributed by atoms with E-state index < -0.39 is 0 Å². The van der Waals surface area contributed by atoms with Crippen LogP contribution in [0.1, 0.15) is 33.0 Å². The van der Waals surface area contributed by atoms with Crippen LogP contribution in [0.5, 0.6) is 0 Å². The average molecular weight is 330 g/mol. The highest BCUT2D eigenvalue weighted by Crippen LogP contribution is 2.26. The molecule has 0 radical (unpaired) electrons. The predicted octanol–water partition coefficient (Wildman–Crippen LogP) is 4.24. The van der Waals surface area contributed by atoms with Crippen molar-refractivity contribution in [3.8, 4) is 5.69 Å². The van der Waals surface area contributed by atoms with Gasteiger partial charge in [-0.15, -0.1) is 0 Å². The molecule has 0 fully saturated rings. The first-order valence-electron chi connectivity index (χ1n) is 7.90. The van der Waals surface area contributed by atoms with E-state index in [1.807, 2.05) is 31.2 Å². The first kappa shape index (κ1) is 15.7. The van der Waals surface area contributed by atoms with Gasteiger partial charge in [0.05, 0.1) is 22.3 Å². The third-order valence-corrected chi connectivity index (χ3v) is 4.19. The molecule has 0 amide bonds. The third-order valence-electron chi connectivity index (χ3n) is 3.87. The van der Waals surface area contributed by atoms with Crippen molar-refractivity contribution in [2.75, 3.05) is 5.32 Å². The molecule has 0 unspecified atom stereocenters. The van der Waals surface area contributed by atoms with E-state index in [2.05, 4.69) is 34.2 Å². The van der Waals surface area contributed by atoms with Crippen LogP contribution in [0.25, 0.3) is 16.7 Å². The van der Waals surface area contributed by atoms with Gasteiger partial charge < -0.3 is 5.32 Å². The molecule has 0 aliphatic carbocycles. The summed E-state index contributed by atoms with van der Waals surface area (Å²) in [7, 11) is 0. The number of aryl methyl sites for hydroxylation is 1. The van der Waals surface area contributed by atoms with Crippen LogP contribution in [-0.4, -0.2) is 25.8 Å². The number of hydrogen-bond donors (Lipinski definition) is 1. The molecule has 2 aromatic heterocycles. The summed E-state index contributed by atoms with van der Waals surface area (Å²) in [5.74, 6) is 1.62. The van der Waals surface area contributed by atoms with Crippen LogP contribution in [0, 0.1) is 0 Å². The number of aromatic nitrogens is 4. The standard InChI is InChI=1S/C17H20ClN5/c1-4-11(3)20-16-12-10-19-23(14-9-7-6-8-13(14)18)17(12)22-15(5-2)21-16/h6-11H,4-5H2,1-3H3,(H,20,21,22)/t11-/m1/s1. The van der Waals surface area contributed by atoms with Gasteiger partial charge in [-0.1, -0.05) is 37.6 Å². The molecule has 0 aliphatic rings. The Morgan fingerprint density at radius 3 is 2.70 bits per heavy atom. The van der Waals surface area contributed by atoms with Gasteiger partial charge in [-0.2, -0.15) is 5.10 Å². The fraction of sp³-hybridized carbons (Fsp3) is 0.353. The summed E-state index contributed by atoms with van der Waals surface area (Å²) in [4.78, 5) is 9.28. The van der Waals surface area contributed by atoms with Crippen molar-refractivity contribution in [2.45, 2.75) is 39.7 Å². The number of nitrogens with one attached hydrogen (secondary N) is 1. The van der Waals surface area contributed by atoms with E-state index in [9.17, 15) is 0 Å². The number of benzene rings is 1. The number of para-hydroxylation sites is 1. The lowest BCUT2D eigenvalue weighted by Gasteiger charge is -2.14. The van der Waals surface area contributed by atoms with Crippen LogP contribution in [0.3, 0.4) is 0 Å². The molecule has 5 nitrogen and oxygen atoms in total. The molecule has 3 aromatic rings. The number of fused-ring (bicyclic) bond motifs is 1. The van der Waals surface area contributed by atoms with Gasteiger partial charge in [-0.25, -0.2) is 14.6 Å². The molecule has 0 saturated carbocycles. The summed E-state index contributed by atoms with van der Waals surface area (Å²) in [6, 6.07) is 7.96. The predicted molar refractivity (Wildman–Crippen MR) is 94.4 cm³/mol. The minimum atomic E-state index is 0.335. The molecular formula is C17H20ClN5. The van der Waals surface area contributed by atoms with Crippen molar-refractivity contribution in [2.24, 2.45) is 0 Å². The molecule has 1 atom stereocenters. The highest BCUT2D eigenvalue weighted by Gasteiger charge is 2.15. The number of rotatable bonds is 5. The Labute approximate surface area is 140 Å². The zero-order valence-electron chi connectivity index (χ0n) is 13.5. The molecule has 0 aliphatic heterocycles. The maximum atomic E-state index is 6.32. The second kappa shape index (κ2) is 6.54. The summed E-state index contributed by atoms with van der Waals surface area (Å²) < 4.78 is 1.78. The third kappa shape index (κ3) is 3.01. The minimum absolute atomic E-state index is 0.335. The van der Waals surface area contributed by atoms with Gasteiger partial charge in [-0.3, -0.25) is 0 Å². The van der Waals surface area contributed by atoms with Crippen molar-refractivity contribution in [1.29, 1.82) is 0 Å². The zero-order chi connectivity index (χ0) is 16.4. The van der Waals surface area contributed by atoms with E-state index in [-0.39, 0.29) is 0 Å². The molecule has 0 saturated heterocycles. The fourth-order valence-electron chi connectivity index (χ4n) is 2.36. The Hall–Kier alpha value is -2.14. The largest absolute Gasteiger partial charge is 0.367 e. The Bertz CT molecular complexity index is 827. The molecule has 1 N–H and O–H groups in total. The fourth-order valence-corrected chi connectivity index (χ4v) is 2.57. The molecule has 23 heavy (non-hydrogen) atoms. The lowest BCUT2D eigenvalue weighted by molar-refractivity contribution is 0.757. The molecule has 120 valence electrons. The normalized spacial score (nSPS) is 12.5. The van der Waals surface area contributed by atoms with Gasteiger partial charge in [-0.05, 0) is 25.5 Å². The number of hydrogen-bond acceptors (Lipinski definition) is 4. The van der Waals surface area contributed by atoms with Gasteiger partial charge in [0, 0.05) is 12.5 Å². The Morgan fingerprint density at radius 1 is 1.22 bits per heavy atom. The van der Waals surface area contributed by atoms with Crippen LogP contribution in [0.2, 0.25) is 5.02 Å². The second-order valence-corrected chi connectivity index (χ2v) is 5.95. The first-order chi connectivity index (χ1) is 11.1. The molecular weight excluding hydrogens is 310 g/mol. The van der Waals surface area contributed by atoms with Crippen LogP contribution in [0.15, 0.2) is 30.5 Å². The molecule has 6 heteroatoms.